The number of imidazole rings is 2. The number of nitrogens with zero attached hydrogens (tertiary/aromatic N) is 3. The topological polar surface area (TPSA) is 133 Å². The molecule has 2 aromatic heterocycles. The molecule has 10 nitrogen and oxygen atoms in total. The summed E-state index contributed by atoms with van der Waals surface area (Å²) in [5, 5.41) is 4.95. The SMILES string of the molecule is COC(=O)N[C@H](C(=O)N1CC(=O)C[C@H]1c1ncc(-c2ccc(-c3ccc4cc(-c5cnc(C6CCCC6)[nH]5)ccc4c3)cc2)[nH]1)C(C)C. The van der Waals surface area contributed by atoms with Gasteiger partial charge >= 0.3 is 6.09 Å². The van der Waals surface area contributed by atoms with Gasteiger partial charge in [0.15, 0.2) is 5.78 Å². The highest BCUT2D eigenvalue weighted by molar-refractivity contribution is 5.94. The third-order valence-corrected chi connectivity index (χ3v) is 9.75. The van der Waals surface area contributed by atoms with Crippen LogP contribution >= 0.6 is 0 Å². The highest BCUT2D eigenvalue weighted by atomic mass is 16.5. The predicted molar refractivity (Wildman–Crippen MR) is 184 cm³/mol. The number of benzene rings is 3. The summed E-state index contributed by atoms with van der Waals surface area (Å²) < 4.78 is 4.71. The third-order valence-electron chi connectivity index (χ3n) is 9.75. The lowest BCUT2D eigenvalue weighted by Crippen LogP contribution is -2.51. The summed E-state index contributed by atoms with van der Waals surface area (Å²) in [6, 6.07) is 19.9. The van der Waals surface area contributed by atoms with Crippen molar-refractivity contribution >= 4 is 28.6 Å². The maximum absolute atomic E-state index is 13.5. The number of H-pyrrole nitrogens is 2. The van der Waals surface area contributed by atoms with E-state index in [2.05, 4.69) is 73.8 Å². The van der Waals surface area contributed by atoms with Crippen molar-refractivity contribution in [1.29, 1.82) is 0 Å². The molecule has 2 amide bonds. The molecule has 3 heterocycles. The van der Waals surface area contributed by atoms with E-state index in [-0.39, 0.29) is 30.6 Å². The van der Waals surface area contributed by atoms with Crippen LogP contribution in [0.5, 0.6) is 0 Å². The van der Waals surface area contributed by atoms with Crippen LogP contribution in [0.4, 0.5) is 4.79 Å². The Balaban J connectivity index is 1.06. The van der Waals surface area contributed by atoms with Crippen molar-refractivity contribution in [3.8, 4) is 33.6 Å². The van der Waals surface area contributed by atoms with Gasteiger partial charge in [0.2, 0.25) is 5.91 Å². The van der Waals surface area contributed by atoms with Gasteiger partial charge in [-0.3, -0.25) is 9.59 Å². The quantitative estimate of drug-likeness (QED) is 0.164. The number of rotatable bonds is 8. The molecule has 1 aliphatic carbocycles. The van der Waals surface area contributed by atoms with Crippen molar-refractivity contribution in [2.24, 2.45) is 5.92 Å². The van der Waals surface area contributed by atoms with Gasteiger partial charge in [-0.1, -0.05) is 75.2 Å². The van der Waals surface area contributed by atoms with Crippen LogP contribution in [0.2, 0.25) is 0 Å². The maximum Gasteiger partial charge on any atom is 0.407 e. The Hall–Kier alpha value is -5.25. The minimum atomic E-state index is -0.823. The van der Waals surface area contributed by atoms with E-state index in [1.54, 1.807) is 6.20 Å². The maximum atomic E-state index is 13.5. The Morgan fingerprint density at radius 1 is 0.833 bits per heavy atom. The zero-order valence-corrected chi connectivity index (χ0v) is 27.5. The molecule has 1 aliphatic heterocycles. The van der Waals surface area contributed by atoms with Gasteiger partial charge in [0.05, 0.1) is 43.5 Å². The first-order valence-corrected chi connectivity index (χ1v) is 16.7. The van der Waals surface area contributed by atoms with Crippen LogP contribution in [0.15, 0.2) is 73.1 Å². The Bertz CT molecular complexity index is 1970. The lowest BCUT2D eigenvalue weighted by atomic mass is 9.98. The summed E-state index contributed by atoms with van der Waals surface area (Å²) in [5.41, 5.74) is 6.15. The fourth-order valence-electron chi connectivity index (χ4n) is 7.02. The number of alkyl carbamates (subject to hydrolysis) is 1. The number of carbonyl (C=O) groups is 3. The minimum Gasteiger partial charge on any atom is -0.453 e. The monoisotopic (exact) mass is 644 g/mol. The second-order valence-corrected chi connectivity index (χ2v) is 13.3. The number of amides is 2. The molecular formula is C38H40N6O4. The van der Waals surface area contributed by atoms with E-state index in [0.29, 0.717) is 11.7 Å². The molecule has 48 heavy (non-hydrogen) atoms. The summed E-state index contributed by atoms with van der Waals surface area (Å²) in [4.78, 5) is 55.6. The standard InChI is InChI=1S/C38H40N6O4/c1-22(2)34(43-38(47)48-3)37(46)44-21-30(45)18-33(44)36-40-19-31(42-36)24-10-8-23(9-11-24)26-12-13-28-17-29(15-14-27(28)16-26)32-20-39-35(41-32)25-6-4-5-7-25/h8-17,19-20,22,25,33-34H,4-7,18,21H2,1-3H3,(H,39,41)(H,40,42)(H,43,47)/t33-,34-/m0/s1. The molecule has 10 heteroatoms. The molecule has 2 atom stereocenters. The summed E-state index contributed by atoms with van der Waals surface area (Å²) in [6.45, 7) is 3.64. The van der Waals surface area contributed by atoms with Gasteiger partial charge in [0, 0.05) is 17.9 Å². The van der Waals surface area contributed by atoms with Gasteiger partial charge in [0.25, 0.3) is 0 Å². The molecule has 2 fully saturated rings. The van der Waals surface area contributed by atoms with E-state index in [1.807, 2.05) is 32.2 Å². The summed E-state index contributed by atoms with van der Waals surface area (Å²) in [7, 11) is 1.25. The zero-order valence-electron chi connectivity index (χ0n) is 27.5. The molecule has 0 bridgehead atoms. The number of fused-ring (bicyclic) bond motifs is 1. The van der Waals surface area contributed by atoms with Crippen LogP contribution < -0.4 is 5.32 Å². The molecule has 1 saturated carbocycles. The highest BCUT2D eigenvalue weighted by Gasteiger charge is 2.41. The molecule has 3 aromatic carbocycles. The number of ether oxygens (including phenoxy) is 1. The molecule has 3 N–H and O–H groups in total. The fourth-order valence-corrected chi connectivity index (χ4v) is 7.02. The summed E-state index contributed by atoms with van der Waals surface area (Å²) in [5.74, 6) is 1.61. The normalized spacial score (nSPS) is 17.4. The molecule has 0 spiro atoms. The number of Topliss-reactive ketones (excluding diaryl/α,β-unsaturated/α-hetero) is 1. The van der Waals surface area contributed by atoms with Crippen LogP contribution in [0.1, 0.15) is 69.6 Å². The van der Waals surface area contributed by atoms with Crippen molar-refractivity contribution < 1.29 is 19.1 Å². The van der Waals surface area contributed by atoms with E-state index < -0.39 is 18.2 Å². The van der Waals surface area contributed by atoms with Gasteiger partial charge in [0.1, 0.15) is 17.7 Å². The Labute approximate surface area is 279 Å². The van der Waals surface area contributed by atoms with Crippen LogP contribution in [0.3, 0.4) is 0 Å². The van der Waals surface area contributed by atoms with Crippen LogP contribution in [0.25, 0.3) is 44.4 Å². The number of methoxy groups -OCH3 is 1. The van der Waals surface area contributed by atoms with E-state index in [9.17, 15) is 14.4 Å². The minimum absolute atomic E-state index is 0.0299. The van der Waals surface area contributed by atoms with E-state index in [1.165, 1.54) is 48.5 Å². The van der Waals surface area contributed by atoms with E-state index in [0.717, 1.165) is 39.5 Å². The number of aromatic amines is 2. The number of nitrogens with one attached hydrogen (secondary N) is 3. The van der Waals surface area contributed by atoms with E-state index >= 15 is 0 Å². The number of likely N-dealkylation sites (tertiary alicyclic amines) is 1. The highest BCUT2D eigenvalue weighted by Crippen LogP contribution is 2.35. The Kier molecular flexibility index (Phi) is 8.56. The lowest BCUT2D eigenvalue weighted by Gasteiger charge is -2.29. The summed E-state index contributed by atoms with van der Waals surface area (Å²) in [6.07, 6.45) is 8.18. The number of ketones is 1. The number of hydrogen-bond acceptors (Lipinski definition) is 6. The van der Waals surface area contributed by atoms with Crippen LogP contribution in [-0.4, -0.2) is 62.3 Å². The van der Waals surface area contributed by atoms with Gasteiger partial charge in [-0.05, 0) is 58.4 Å². The van der Waals surface area contributed by atoms with Gasteiger partial charge < -0.3 is 24.9 Å². The number of carbonyl (C=O) groups excluding carboxylic acids is 3. The first-order valence-electron chi connectivity index (χ1n) is 16.7. The molecule has 0 radical (unpaired) electrons. The first-order chi connectivity index (χ1) is 23.3. The zero-order chi connectivity index (χ0) is 33.4. The van der Waals surface area contributed by atoms with Crippen molar-refractivity contribution in [3.05, 3.63) is 84.7 Å². The largest absolute Gasteiger partial charge is 0.453 e. The lowest BCUT2D eigenvalue weighted by molar-refractivity contribution is -0.136. The van der Waals surface area contributed by atoms with E-state index in [4.69, 9.17) is 4.74 Å². The number of hydrogen-bond donors (Lipinski definition) is 3. The molecule has 2 aliphatic rings. The van der Waals surface area contributed by atoms with Crippen molar-refractivity contribution in [2.45, 2.75) is 64.0 Å². The molecule has 0 unspecified atom stereocenters. The van der Waals surface area contributed by atoms with Crippen molar-refractivity contribution in [2.75, 3.05) is 13.7 Å². The molecule has 1 saturated heterocycles. The van der Waals surface area contributed by atoms with Gasteiger partial charge in [-0.25, -0.2) is 14.8 Å². The Morgan fingerprint density at radius 2 is 1.42 bits per heavy atom. The average molecular weight is 645 g/mol. The predicted octanol–water partition coefficient (Wildman–Crippen LogP) is 7.17. The third kappa shape index (κ3) is 6.22. The van der Waals surface area contributed by atoms with Gasteiger partial charge in [-0.15, -0.1) is 0 Å². The molecule has 5 aromatic rings. The van der Waals surface area contributed by atoms with Gasteiger partial charge in [-0.2, -0.15) is 0 Å². The molecule has 7 rings (SSSR count). The fraction of sp³-hybridized carbons (Fsp3) is 0.342. The van der Waals surface area contributed by atoms with Crippen molar-refractivity contribution in [1.82, 2.24) is 30.2 Å². The van der Waals surface area contributed by atoms with Crippen molar-refractivity contribution in [3.63, 3.8) is 0 Å². The van der Waals surface area contributed by atoms with Crippen LogP contribution in [-0.2, 0) is 14.3 Å². The Morgan fingerprint density at radius 3 is 2.10 bits per heavy atom. The first kappa shape index (κ1) is 31.4. The number of aromatic nitrogens is 4. The molecule has 246 valence electrons. The van der Waals surface area contributed by atoms with Crippen LogP contribution in [0, 0.1) is 5.92 Å². The summed E-state index contributed by atoms with van der Waals surface area (Å²) >= 11 is 0. The smallest absolute Gasteiger partial charge is 0.407 e. The molecular weight excluding hydrogens is 604 g/mol. The second kappa shape index (κ2) is 13.1. The second-order valence-electron chi connectivity index (χ2n) is 13.3. The average Bonchev–Trinajstić information content (AvgIpc) is 3.93.